The first-order valence-electron chi connectivity index (χ1n) is 5.18. The lowest BCUT2D eigenvalue weighted by Gasteiger charge is -2.01. The predicted octanol–water partition coefficient (Wildman–Crippen LogP) is 2.56. The van der Waals surface area contributed by atoms with E-state index < -0.39 is 0 Å². The zero-order chi connectivity index (χ0) is 11.5. The predicted molar refractivity (Wildman–Crippen MR) is 67.5 cm³/mol. The fourth-order valence-corrected chi connectivity index (χ4v) is 1.73. The molecule has 0 radical (unpaired) electrons. The van der Waals surface area contributed by atoms with Crippen LogP contribution in [0.3, 0.4) is 0 Å². The highest BCUT2D eigenvalue weighted by molar-refractivity contribution is 9.10. The van der Waals surface area contributed by atoms with Crippen LogP contribution in [0.2, 0.25) is 0 Å². The third-order valence-electron chi connectivity index (χ3n) is 2.22. The number of hydrogen-bond acceptors (Lipinski definition) is 3. The maximum absolute atomic E-state index is 5.82. The molecule has 0 aliphatic rings. The number of aromatic nitrogens is 3. The van der Waals surface area contributed by atoms with E-state index in [1.54, 1.807) is 4.68 Å². The van der Waals surface area contributed by atoms with Crippen LogP contribution in [0.15, 0.2) is 28.7 Å². The minimum absolute atomic E-state index is 0.436. The van der Waals surface area contributed by atoms with Crippen molar-refractivity contribution in [3.05, 3.63) is 34.6 Å². The van der Waals surface area contributed by atoms with Crippen LogP contribution < -0.4 is 5.73 Å². The summed E-state index contributed by atoms with van der Waals surface area (Å²) in [5, 5.41) is 4.36. The van der Waals surface area contributed by atoms with Gasteiger partial charge in [-0.15, -0.1) is 5.10 Å². The minimum atomic E-state index is 0.436. The van der Waals surface area contributed by atoms with Gasteiger partial charge in [0, 0.05) is 10.9 Å². The van der Waals surface area contributed by atoms with Gasteiger partial charge in [-0.25, -0.2) is 0 Å². The first-order chi connectivity index (χ1) is 7.70. The summed E-state index contributed by atoms with van der Waals surface area (Å²) in [5.41, 5.74) is 6.75. The van der Waals surface area contributed by atoms with Crippen LogP contribution in [-0.2, 0) is 6.42 Å². The summed E-state index contributed by atoms with van der Waals surface area (Å²) in [6, 6.07) is 7.81. The lowest BCUT2D eigenvalue weighted by molar-refractivity contribution is 0.801. The van der Waals surface area contributed by atoms with Crippen molar-refractivity contribution in [1.82, 2.24) is 14.8 Å². The average molecular weight is 281 g/mol. The summed E-state index contributed by atoms with van der Waals surface area (Å²) in [7, 11) is 0. The van der Waals surface area contributed by atoms with Gasteiger partial charge in [0.1, 0.15) is 0 Å². The van der Waals surface area contributed by atoms with E-state index in [0.717, 1.165) is 28.8 Å². The molecule has 2 rings (SSSR count). The van der Waals surface area contributed by atoms with Crippen molar-refractivity contribution in [2.45, 2.75) is 19.8 Å². The second-order valence-corrected chi connectivity index (χ2v) is 4.44. The van der Waals surface area contributed by atoms with Gasteiger partial charge in [-0.1, -0.05) is 22.9 Å². The molecule has 0 atom stereocenters. The Morgan fingerprint density at radius 2 is 2.00 bits per heavy atom. The van der Waals surface area contributed by atoms with Gasteiger partial charge in [0.25, 0.3) is 0 Å². The Labute approximate surface area is 103 Å². The van der Waals surface area contributed by atoms with Crippen LogP contribution in [0.25, 0.3) is 5.69 Å². The Bertz CT molecular complexity index is 475. The minimum Gasteiger partial charge on any atom is -0.368 e. The molecular formula is C11H13BrN4. The van der Waals surface area contributed by atoms with E-state index in [2.05, 4.69) is 32.9 Å². The number of rotatable bonds is 3. The van der Waals surface area contributed by atoms with Gasteiger partial charge in [-0.05, 0) is 30.7 Å². The summed E-state index contributed by atoms with van der Waals surface area (Å²) in [5.74, 6) is 1.23. The maximum Gasteiger partial charge on any atom is 0.223 e. The monoisotopic (exact) mass is 280 g/mol. The quantitative estimate of drug-likeness (QED) is 0.940. The van der Waals surface area contributed by atoms with Crippen molar-refractivity contribution >= 4 is 21.9 Å². The Hall–Kier alpha value is -1.36. The lowest BCUT2D eigenvalue weighted by atomic mass is 10.3. The van der Waals surface area contributed by atoms with E-state index in [4.69, 9.17) is 5.73 Å². The highest BCUT2D eigenvalue weighted by Crippen LogP contribution is 2.16. The fraction of sp³-hybridized carbons (Fsp3) is 0.273. The number of hydrogen-bond donors (Lipinski definition) is 1. The van der Waals surface area contributed by atoms with Crippen molar-refractivity contribution in [1.29, 1.82) is 0 Å². The number of aryl methyl sites for hydroxylation is 1. The number of nitrogens with zero attached hydrogens (tertiary/aromatic N) is 3. The summed E-state index contributed by atoms with van der Waals surface area (Å²) < 4.78 is 2.70. The third kappa shape index (κ3) is 2.24. The standard InChI is InChI=1S/C11H13BrN4/c1-2-3-10-14-11(13)16(15-10)9-6-4-8(12)5-7-9/h4-7H,2-3H2,1H3,(H2,13,14,15). The second kappa shape index (κ2) is 4.65. The highest BCUT2D eigenvalue weighted by Gasteiger charge is 2.07. The molecule has 1 aromatic carbocycles. The van der Waals surface area contributed by atoms with Gasteiger partial charge in [0.15, 0.2) is 5.82 Å². The molecule has 5 heteroatoms. The van der Waals surface area contributed by atoms with Gasteiger partial charge in [0.2, 0.25) is 5.95 Å². The molecule has 0 fully saturated rings. The van der Waals surface area contributed by atoms with E-state index in [-0.39, 0.29) is 0 Å². The molecule has 0 saturated heterocycles. The molecule has 0 amide bonds. The molecule has 2 N–H and O–H groups in total. The lowest BCUT2D eigenvalue weighted by Crippen LogP contribution is -2.02. The van der Waals surface area contributed by atoms with E-state index >= 15 is 0 Å². The van der Waals surface area contributed by atoms with E-state index in [1.807, 2.05) is 24.3 Å². The third-order valence-corrected chi connectivity index (χ3v) is 2.75. The van der Waals surface area contributed by atoms with Crippen molar-refractivity contribution in [2.24, 2.45) is 0 Å². The molecule has 84 valence electrons. The molecule has 1 heterocycles. The zero-order valence-corrected chi connectivity index (χ0v) is 10.6. The average Bonchev–Trinajstić information content (AvgIpc) is 2.61. The van der Waals surface area contributed by atoms with Gasteiger partial charge in [0.05, 0.1) is 5.69 Å². The maximum atomic E-state index is 5.82. The second-order valence-electron chi connectivity index (χ2n) is 3.52. The molecule has 0 bridgehead atoms. The molecule has 0 spiro atoms. The van der Waals surface area contributed by atoms with Crippen molar-refractivity contribution < 1.29 is 0 Å². The van der Waals surface area contributed by atoms with Crippen LogP contribution in [0.5, 0.6) is 0 Å². The highest BCUT2D eigenvalue weighted by atomic mass is 79.9. The van der Waals surface area contributed by atoms with E-state index in [1.165, 1.54) is 0 Å². The number of anilines is 1. The molecule has 0 aliphatic heterocycles. The number of nitrogen functional groups attached to an aromatic ring is 1. The van der Waals surface area contributed by atoms with Gasteiger partial charge in [-0.2, -0.15) is 9.67 Å². The van der Waals surface area contributed by atoms with Gasteiger partial charge < -0.3 is 5.73 Å². The Kier molecular flexibility index (Phi) is 3.24. The molecule has 0 saturated carbocycles. The molecule has 1 aromatic heterocycles. The van der Waals surface area contributed by atoms with E-state index in [9.17, 15) is 0 Å². The van der Waals surface area contributed by atoms with Crippen molar-refractivity contribution in [3.63, 3.8) is 0 Å². The normalized spacial score (nSPS) is 10.6. The zero-order valence-electron chi connectivity index (χ0n) is 9.02. The molecule has 0 aliphatic carbocycles. The fourth-order valence-electron chi connectivity index (χ4n) is 1.47. The van der Waals surface area contributed by atoms with Gasteiger partial charge >= 0.3 is 0 Å². The number of halogens is 1. The SMILES string of the molecule is CCCc1nc(N)n(-c2ccc(Br)cc2)n1. The summed E-state index contributed by atoms with van der Waals surface area (Å²) in [6.45, 7) is 2.09. The molecular weight excluding hydrogens is 268 g/mol. The van der Waals surface area contributed by atoms with Crippen LogP contribution in [0.1, 0.15) is 19.2 Å². The molecule has 0 unspecified atom stereocenters. The Balaban J connectivity index is 2.36. The molecule has 4 nitrogen and oxygen atoms in total. The van der Waals surface area contributed by atoms with Crippen LogP contribution in [0.4, 0.5) is 5.95 Å². The first kappa shape index (κ1) is 11.1. The summed E-state index contributed by atoms with van der Waals surface area (Å²) >= 11 is 3.39. The van der Waals surface area contributed by atoms with Crippen LogP contribution >= 0.6 is 15.9 Å². The van der Waals surface area contributed by atoms with E-state index in [0.29, 0.717) is 5.95 Å². The number of nitrogens with two attached hydrogens (primary N) is 1. The van der Waals surface area contributed by atoms with Crippen LogP contribution in [-0.4, -0.2) is 14.8 Å². The smallest absolute Gasteiger partial charge is 0.223 e. The van der Waals surface area contributed by atoms with Crippen molar-refractivity contribution in [3.8, 4) is 5.69 Å². The van der Waals surface area contributed by atoms with Gasteiger partial charge in [-0.3, -0.25) is 0 Å². The molecule has 2 aromatic rings. The largest absolute Gasteiger partial charge is 0.368 e. The first-order valence-corrected chi connectivity index (χ1v) is 5.97. The summed E-state index contributed by atoms with van der Waals surface area (Å²) in [4.78, 5) is 4.22. The van der Waals surface area contributed by atoms with Crippen LogP contribution in [0, 0.1) is 0 Å². The topological polar surface area (TPSA) is 56.7 Å². The Morgan fingerprint density at radius 3 is 2.62 bits per heavy atom. The number of benzene rings is 1. The Morgan fingerprint density at radius 1 is 1.31 bits per heavy atom. The van der Waals surface area contributed by atoms with Crippen molar-refractivity contribution in [2.75, 3.05) is 5.73 Å². The summed E-state index contributed by atoms with van der Waals surface area (Å²) in [6.07, 6.45) is 1.87. The molecule has 16 heavy (non-hydrogen) atoms.